The van der Waals surface area contributed by atoms with Crippen LogP contribution in [0.4, 0.5) is 0 Å². The van der Waals surface area contributed by atoms with E-state index in [9.17, 15) is 8.42 Å². The van der Waals surface area contributed by atoms with E-state index in [1.807, 2.05) is 42.5 Å². The summed E-state index contributed by atoms with van der Waals surface area (Å²) in [6.07, 6.45) is 3.46. The Labute approximate surface area is 138 Å². The van der Waals surface area contributed by atoms with Gasteiger partial charge in [-0.2, -0.15) is 5.10 Å². The van der Waals surface area contributed by atoms with Crippen LogP contribution in [-0.4, -0.2) is 34.5 Å². The third-order valence-electron chi connectivity index (χ3n) is 3.37. The smallest absolute Gasteiger partial charge is 0.209 e. The van der Waals surface area contributed by atoms with Crippen LogP contribution in [0.2, 0.25) is 0 Å². The Bertz CT molecular complexity index is 894. The molecule has 0 radical (unpaired) electrons. The highest BCUT2D eigenvalue weighted by Gasteiger charge is 2.18. The number of fused-ring (bicyclic) bond motifs is 1. The zero-order valence-electron chi connectivity index (χ0n) is 12.2. The van der Waals surface area contributed by atoms with Gasteiger partial charge in [0.15, 0.2) is 5.65 Å². The van der Waals surface area contributed by atoms with Crippen LogP contribution in [0.25, 0.3) is 5.65 Å². The van der Waals surface area contributed by atoms with Crippen molar-refractivity contribution in [3.8, 4) is 0 Å². The average Bonchev–Trinajstić information content (AvgIpc) is 2.99. The lowest BCUT2D eigenvalue weighted by Gasteiger charge is -2.15. The monoisotopic (exact) mass is 348 g/mol. The molecule has 6 nitrogen and oxygen atoms in total. The molecular formula is C15H16N4O2S2. The summed E-state index contributed by atoms with van der Waals surface area (Å²) in [4.78, 5) is 4.15. The van der Waals surface area contributed by atoms with Crippen molar-refractivity contribution in [1.29, 1.82) is 0 Å². The second-order valence-electron chi connectivity index (χ2n) is 5.15. The summed E-state index contributed by atoms with van der Waals surface area (Å²) in [5.74, 6) is 0.307. The highest BCUT2D eigenvalue weighted by molar-refractivity contribution is 7.99. The summed E-state index contributed by atoms with van der Waals surface area (Å²) in [5, 5.41) is 10.5. The van der Waals surface area contributed by atoms with Crippen molar-refractivity contribution >= 4 is 27.4 Å². The number of benzene rings is 1. The summed E-state index contributed by atoms with van der Waals surface area (Å²) in [5.41, 5.74) is 1.73. The summed E-state index contributed by atoms with van der Waals surface area (Å²) < 4.78 is 24.7. The van der Waals surface area contributed by atoms with Gasteiger partial charge in [-0.25, -0.2) is 23.1 Å². The van der Waals surface area contributed by atoms with Gasteiger partial charge in [0.2, 0.25) is 10.0 Å². The number of hydrogen-bond acceptors (Lipinski definition) is 5. The minimum atomic E-state index is -3.55. The Morgan fingerprint density at radius 2 is 1.96 bits per heavy atom. The van der Waals surface area contributed by atoms with Crippen LogP contribution >= 0.6 is 11.8 Å². The van der Waals surface area contributed by atoms with Gasteiger partial charge in [-0.1, -0.05) is 30.3 Å². The van der Waals surface area contributed by atoms with Crippen molar-refractivity contribution < 1.29 is 8.42 Å². The zero-order chi connectivity index (χ0) is 16.3. The van der Waals surface area contributed by atoms with Gasteiger partial charge in [-0.3, -0.25) is 0 Å². The van der Waals surface area contributed by atoms with Gasteiger partial charge in [0.25, 0.3) is 0 Å². The molecule has 3 aromatic rings. The molecule has 0 aliphatic rings. The molecule has 120 valence electrons. The van der Waals surface area contributed by atoms with Crippen LogP contribution in [0.1, 0.15) is 11.5 Å². The highest BCUT2D eigenvalue weighted by atomic mass is 32.2. The summed E-state index contributed by atoms with van der Waals surface area (Å²) in [6, 6.07) is 13.3. The predicted octanol–water partition coefficient (Wildman–Crippen LogP) is 1.89. The number of sulfonamides is 1. The number of nitrogens with two attached hydrogens (primary N) is 1. The van der Waals surface area contributed by atoms with Crippen LogP contribution < -0.4 is 5.14 Å². The van der Waals surface area contributed by atoms with E-state index in [4.69, 9.17) is 5.14 Å². The van der Waals surface area contributed by atoms with E-state index >= 15 is 0 Å². The lowest BCUT2D eigenvalue weighted by atomic mass is 10.0. The highest BCUT2D eigenvalue weighted by Crippen LogP contribution is 2.26. The number of rotatable bonds is 6. The fourth-order valence-corrected chi connectivity index (χ4v) is 4.32. The molecule has 2 heterocycles. The second kappa shape index (κ2) is 6.69. The quantitative estimate of drug-likeness (QED) is 0.687. The maximum atomic E-state index is 11.5. The van der Waals surface area contributed by atoms with Crippen molar-refractivity contribution in [2.24, 2.45) is 5.14 Å². The third-order valence-corrected chi connectivity index (χ3v) is 5.32. The Morgan fingerprint density at radius 3 is 2.70 bits per heavy atom. The van der Waals surface area contributed by atoms with E-state index in [0.717, 1.165) is 16.2 Å². The molecule has 1 aromatic carbocycles. The Hall–Kier alpha value is -1.90. The zero-order valence-corrected chi connectivity index (χ0v) is 13.9. The molecule has 0 saturated heterocycles. The number of primary sulfonamides is 1. The van der Waals surface area contributed by atoms with E-state index in [1.54, 1.807) is 16.9 Å². The molecule has 3 rings (SSSR count). The summed E-state index contributed by atoms with van der Waals surface area (Å²) >= 11 is 1.50. The Balaban J connectivity index is 1.77. The minimum absolute atomic E-state index is 0.0860. The molecule has 0 aliphatic carbocycles. The Kier molecular flexibility index (Phi) is 4.65. The first-order valence-electron chi connectivity index (χ1n) is 7.00. The van der Waals surface area contributed by atoms with Crippen molar-refractivity contribution in [1.82, 2.24) is 14.6 Å². The normalized spacial score (nSPS) is 13.3. The molecule has 0 saturated carbocycles. The summed E-state index contributed by atoms with van der Waals surface area (Å²) in [6.45, 7) is 0. The number of aromatic nitrogens is 3. The van der Waals surface area contributed by atoms with Crippen LogP contribution in [-0.2, 0) is 10.0 Å². The van der Waals surface area contributed by atoms with Gasteiger partial charge in [0.05, 0.1) is 5.75 Å². The number of thioether (sulfide) groups is 1. The predicted molar refractivity (Wildman–Crippen MR) is 90.9 cm³/mol. The van der Waals surface area contributed by atoms with Gasteiger partial charge in [0, 0.05) is 24.1 Å². The van der Waals surface area contributed by atoms with E-state index in [1.165, 1.54) is 11.8 Å². The largest absolute Gasteiger partial charge is 0.236 e. The minimum Gasteiger partial charge on any atom is -0.236 e. The molecular weight excluding hydrogens is 332 g/mol. The fraction of sp³-hybridized carbons (Fsp3) is 0.200. The molecule has 2 N–H and O–H groups in total. The molecule has 2 aromatic heterocycles. The third kappa shape index (κ3) is 4.31. The number of nitrogens with zero attached hydrogens (tertiary/aromatic N) is 3. The van der Waals surface area contributed by atoms with Crippen molar-refractivity contribution in [3.63, 3.8) is 0 Å². The van der Waals surface area contributed by atoms with E-state index in [2.05, 4.69) is 10.1 Å². The fourth-order valence-electron chi connectivity index (χ4n) is 2.31. The molecule has 0 spiro atoms. The first-order chi connectivity index (χ1) is 11.0. The topological polar surface area (TPSA) is 90.4 Å². The second-order valence-corrected chi connectivity index (χ2v) is 7.85. The summed E-state index contributed by atoms with van der Waals surface area (Å²) in [7, 11) is -3.55. The Morgan fingerprint density at radius 1 is 1.17 bits per heavy atom. The lowest BCUT2D eigenvalue weighted by Crippen LogP contribution is -2.23. The maximum absolute atomic E-state index is 11.5. The van der Waals surface area contributed by atoms with E-state index in [0.29, 0.717) is 5.75 Å². The van der Waals surface area contributed by atoms with Gasteiger partial charge in [0.1, 0.15) is 5.03 Å². The van der Waals surface area contributed by atoms with Crippen LogP contribution in [0.5, 0.6) is 0 Å². The average molecular weight is 348 g/mol. The first kappa shape index (κ1) is 16.0. The SMILES string of the molecule is NS(=O)(=O)CC(CSc1ccc2nccn2n1)c1ccccc1. The standard InChI is InChI=1S/C15H16N4O2S2/c16-23(20,21)11-13(12-4-2-1-3-5-12)10-22-15-7-6-14-17-8-9-19(14)18-15/h1-9,13H,10-11H2,(H2,16,20,21). The molecule has 0 aliphatic heterocycles. The van der Waals surface area contributed by atoms with Gasteiger partial charge < -0.3 is 0 Å². The van der Waals surface area contributed by atoms with Crippen molar-refractivity contribution in [2.45, 2.75) is 10.9 Å². The van der Waals surface area contributed by atoms with Gasteiger partial charge in [-0.05, 0) is 17.7 Å². The van der Waals surface area contributed by atoms with Gasteiger partial charge in [-0.15, -0.1) is 11.8 Å². The lowest BCUT2D eigenvalue weighted by molar-refractivity contribution is 0.592. The molecule has 23 heavy (non-hydrogen) atoms. The molecule has 1 atom stereocenters. The molecule has 1 unspecified atom stereocenters. The van der Waals surface area contributed by atoms with Crippen molar-refractivity contribution in [3.05, 3.63) is 60.4 Å². The van der Waals surface area contributed by atoms with Gasteiger partial charge >= 0.3 is 0 Å². The number of imidazole rings is 1. The van der Waals surface area contributed by atoms with Crippen LogP contribution in [0.15, 0.2) is 59.9 Å². The molecule has 0 bridgehead atoms. The molecule has 8 heteroatoms. The first-order valence-corrected chi connectivity index (χ1v) is 9.70. The molecule has 0 amide bonds. The van der Waals surface area contributed by atoms with Crippen LogP contribution in [0, 0.1) is 0 Å². The van der Waals surface area contributed by atoms with E-state index in [-0.39, 0.29) is 11.7 Å². The van der Waals surface area contributed by atoms with Crippen LogP contribution in [0.3, 0.4) is 0 Å². The van der Waals surface area contributed by atoms with E-state index < -0.39 is 10.0 Å². The molecule has 0 fully saturated rings. The van der Waals surface area contributed by atoms with Crippen molar-refractivity contribution in [2.75, 3.05) is 11.5 Å². The maximum Gasteiger partial charge on any atom is 0.209 e. The number of hydrogen-bond donors (Lipinski definition) is 1.